The van der Waals surface area contributed by atoms with Gasteiger partial charge in [0.2, 0.25) is 0 Å². The quantitative estimate of drug-likeness (QED) is 0.543. The van der Waals surface area contributed by atoms with Crippen LogP contribution in [0.1, 0.15) is 33.3 Å². The maximum absolute atomic E-state index is 10.0. The van der Waals surface area contributed by atoms with E-state index in [0.717, 1.165) is 36.9 Å². The summed E-state index contributed by atoms with van der Waals surface area (Å²) in [6.07, 6.45) is 0. The molecule has 1 aliphatic rings. The molecule has 2 rings (SSSR count). The van der Waals surface area contributed by atoms with Crippen LogP contribution in [-0.2, 0) is 6.54 Å². The van der Waals surface area contributed by atoms with E-state index in [2.05, 4.69) is 48.2 Å². The van der Waals surface area contributed by atoms with E-state index in [1.54, 1.807) is 19.2 Å². The van der Waals surface area contributed by atoms with E-state index >= 15 is 0 Å². The molecule has 0 amide bonds. The normalized spacial score (nSPS) is 21.6. The number of ether oxygens (including phenoxy) is 1. The summed E-state index contributed by atoms with van der Waals surface area (Å²) in [5.74, 6) is 2.31. The molecule has 6 nitrogen and oxygen atoms in total. The maximum atomic E-state index is 10.0. The van der Waals surface area contributed by atoms with Crippen LogP contribution in [0.5, 0.6) is 11.5 Å². The molecule has 1 aromatic carbocycles. The zero-order chi connectivity index (χ0) is 18.4. The molecule has 25 heavy (non-hydrogen) atoms. The number of nitrogens with one attached hydrogen (secondary N) is 2. The Morgan fingerprint density at radius 1 is 1.40 bits per heavy atom. The number of rotatable bonds is 6. The lowest BCUT2D eigenvalue weighted by atomic mass is 10.1. The van der Waals surface area contributed by atoms with Gasteiger partial charge in [-0.15, -0.1) is 0 Å². The van der Waals surface area contributed by atoms with Gasteiger partial charge in [0.25, 0.3) is 0 Å². The molecule has 0 spiro atoms. The lowest BCUT2D eigenvalue weighted by Crippen LogP contribution is -2.46. The second-order valence-corrected chi connectivity index (χ2v) is 6.97. The predicted molar refractivity (Wildman–Crippen MR) is 102 cm³/mol. The lowest BCUT2D eigenvalue weighted by Gasteiger charge is -2.22. The summed E-state index contributed by atoms with van der Waals surface area (Å²) in [6, 6.07) is 6.14. The van der Waals surface area contributed by atoms with Crippen molar-refractivity contribution in [2.75, 3.05) is 26.7 Å². The first-order chi connectivity index (χ1) is 11.9. The van der Waals surface area contributed by atoms with Crippen LogP contribution in [0.2, 0.25) is 0 Å². The van der Waals surface area contributed by atoms with E-state index in [-0.39, 0.29) is 5.75 Å². The van der Waals surface area contributed by atoms with Crippen molar-refractivity contribution < 1.29 is 9.84 Å². The van der Waals surface area contributed by atoms with Crippen molar-refractivity contribution in [3.05, 3.63) is 23.8 Å². The van der Waals surface area contributed by atoms with Gasteiger partial charge in [-0.05, 0) is 44.9 Å². The van der Waals surface area contributed by atoms with E-state index in [1.165, 1.54) is 0 Å². The number of methoxy groups -OCH3 is 1. The number of benzene rings is 1. The highest BCUT2D eigenvalue weighted by Gasteiger charge is 2.31. The average molecular weight is 348 g/mol. The Morgan fingerprint density at radius 3 is 2.76 bits per heavy atom. The van der Waals surface area contributed by atoms with Crippen LogP contribution in [0.25, 0.3) is 0 Å². The Morgan fingerprint density at radius 2 is 2.16 bits per heavy atom. The number of phenols is 1. The summed E-state index contributed by atoms with van der Waals surface area (Å²) >= 11 is 0. The van der Waals surface area contributed by atoms with Gasteiger partial charge in [0.15, 0.2) is 5.96 Å². The first-order valence-electron chi connectivity index (χ1n) is 9.09. The van der Waals surface area contributed by atoms with Crippen molar-refractivity contribution in [1.29, 1.82) is 0 Å². The third kappa shape index (κ3) is 5.26. The lowest BCUT2D eigenvalue weighted by molar-refractivity contribution is 0.265. The number of nitrogens with zero attached hydrogens (tertiary/aromatic N) is 2. The van der Waals surface area contributed by atoms with Crippen LogP contribution in [0.15, 0.2) is 23.2 Å². The third-order valence-electron chi connectivity index (χ3n) is 4.73. The third-order valence-corrected chi connectivity index (χ3v) is 4.73. The van der Waals surface area contributed by atoms with Crippen LogP contribution >= 0.6 is 0 Å². The highest BCUT2D eigenvalue weighted by molar-refractivity contribution is 5.80. The minimum atomic E-state index is 0.237. The molecule has 0 saturated carbocycles. The predicted octanol–water partition coefficient (Wildman–Crippen LogP) is 2.18. The summed E-state index contributed by atoms with van der Waals surface area (Å²) in [6.45, 7) is 12.1. The molecule has 2 atom stereocenters. The summed E-state index contributed by atoms with van der Waals surface area (Å²) in [7, 11) is 1.62. The van der Waals surface area contributed by atoms with E-state index in [0.29, 0.717) is 24.5 Å². The van der Waals surface area contributed by atoms with Crippen molar-refractivity contribution in [3.63, 3.8) is 0 Å². The Hall–Kier alpha value is -1.95. The molecule has 0 radical (unpaired) electrons. The number of aromatic hydroxyl groups is 1. The molecule has 0 bridgehead atoms. The molecule has 0 aromatic heterocycles. The van der Waals surface area contributed by atoms with Crippen molar-refractivity contribution in [2.24, 2.45) is 10.9 Å². The van der Waals surface area contributed by atoms with Crippen LogP contribution in [-0.4, -0.2) is 54.8 Å². The molecule has 3 N–H and O–H groups in total. The molecule has 1 heterocycles. The van der Waals surface area contributed by atoms with Crippen molar-refractivity contribution in [1.82, 2.24) is 15.5 Å². The van der Waals surface area contributed by atoms with E-state index in [4.69, 9.17) is 4.74 Å². The number of hydrogen-bond donors (Lipinski definition) is 3. The van der Waals surface area contributed by atoms with Crippen LogP contribution in [0, 0.1) is 5.92 Å². The van der Waals surface area contributed by atoms with Gasteiger partial charge in [0.05, 0.1) is 13.7 Å². The second kappa shape index (κ2) is 8.94. The standard InChI is InChI=1S/C19H32N4O2/c1-6-20-19(22-17-12-23(13(2)3)11-14(17)4)21-10-15-9-16(25-5)7-8-18(15)24/h7-9,13-14,17,24H,6,10-12H2,1-5H3,(H2,20,21,22). The smallest absolute Gasteiger partial charge is 0.191 e. The van der Waals surface area contributed by atoms with Gasteiger partial charge in [-0.3, -0.25) is 4.90 Å². The Labute approximate surface area is 151 Å². The topological polar surface area (TPSA) is 69.1 Å². The van der Waals surface area contributed by atoms with E-state index in [9.17, 15) is 5.11 Å². The van der Waals surface area contributed by atoms with Crippen LogP contribution in [0.3, 0.4) is 0 Å². The minimum Gasteiger partial charge on any atom is -0.508 e. The Bertz CT molecular complexity index is 589. The minimum absolute atomic E-state index is 0.237. The summed E-state index contributed by atoms with van der Waals surface area (Å²) in [5.41, 5.74) is 0.750. The zero-order valence-electron chi connectivity index (χ0n) is 16.0. The number of phenolic OH excluding ortho intramolecular Hbond substituents is 1. The fourth-order valence-corrected chi connectivity index (χ4v) is 3.09. The fourth-order valence-electron chi connectivity index (χ4n) is 3.09. The first kappa shape index (κ1) is 19.4. The van der Waals surface area contributed by atoms with Gasteiger partial charge >= 0.3 is 0 Å². The van der Waals surface area contributed by atoms with E-state index in [1.807, 2.05) is 6.07 Å². The molecule has 2 unspecified atom stereocenters. The van der Waals surface area contributed by atoms with E-state index < -0.39 is 0 Å². The second-order valence-electron chi connectivity index (χ2n) is 6.97. The average Bonchev–Trinajstić information content (AvgIpc) is 2.95. The molecule has 140 valence electrons. The van der Waals surface area contributed by atoms with Crippen LogP contribution < -0.4 is 15.4 Å². The van der Waals surface area contributed by atoms with Crippen molar-refractivity contribution >= 4 is 5.96 Å². The SMILES string of the molecule is CCNC(=NCc1cc(OC)ccc1O)NC1CN(C(C)C)CC1C. The number of likely N-dealkylation sites (tertiary alicyclic amines) is 1. The van der Waals surface area contributed by atoms with Gasteiger partial charge < -0.3 is 20.5 Å². The summed E-state index contributed by atoms with van der Waals surface area (Å²) < 4.78 is 5.22. The van der Waals surface area contributed by atoms with Gasteiger partial charge in [-0.25, -0.2) is 4.99 Å². The first-order valence-corrected chi connectivity index (χ1v) is 9.09. The molecule has 1 aliphatic heterocycles. The number of aliphatic imine (C=N–C) groups is 1. The molecule has 6 heteroatoms. The number of guanidine groups is 1. The molecular weight excluding hydrogens is 316 g/mol. The monoisotopic (exact) mass is 348 g/mol. The molecular formula is C19H32N4O2. The summed E-state index contributed by atoms with van der Waals surface area (Å²) in [4.78, 5) is 7.13. The van der Waals surface area contributed by atoms with Gasteiger partial charge in [-0.1, -0.05) is 6.92 Å². The van der Waals surface area contributed by atoms with Gasteiger partial charge in [0.1, 0.15) is 11.5 Å². The molecule has 1 saturated heterocycles. The van der Waals surface area contributed by atoms with Gasteiger partial charge in [0, 0.05) is 37.3 Å². The fraction of sp³-hybridized carbons (Fsp3) is 0.632. The largest absolute Gasteiger partial charge is 0.508 e. The van der Waals surface area contributed by atoms with Crippen molar-refractivity contribution in [2.45, 2.75) is 46.3 Å². The Balaban J connectivity index is 2.06. The molecule has 0 aliphatic carbocycles. The summed E-state index contributed by atoms with van der Waals surface area (Å²) in [5, 5.41) is 16.9. The van der Waals surface area contributed by atoms with Gasteiger partial charge in [-0.2, -0.15) is 0 Å². The molecule has 1 aromatic rings. The van der Waals surface area contributed by atoms with Crippen LogP contribution in [0.4, 0.5) is 0 Å². The molecule has 1 fully saturated rings. The number of hydrogen-bond acceptors (Lipinski definition) is 4. The van der Waals surface area contributed by atoms with Crippen molar-refractivity contribution in [3.8, 4) is 11.5 Å². The maximum Gasteiger partial charge on any atom is 0.191 e. The highest BCUT2D eigenvalue weighted by atomic mass is 16.5. The highest BCUT2D eigenvalue weighted by Crippen LogP contribution is 2.23. The zero-order valence-corrected chi connectivity index (χ0v) is 16.0. The Kier molecular flexibility index (Phi) is 6.93.